The van der Waals surface area contributed by atoms with E-state index in [1.54, 1.807) is 0 Å². The maximum atomic E-state index is 6.93. The molecule has 7 aromatic carbocycles. The van der Waals surface area contributed by atoms with Crippen LogP contribution in [-0.2, 0) is 37.3 Å². The summed E-state index contributed by atoms with van der Waals surface area (Å²) in [7, 11) is 0. The fourth-order valence-electron chi connectivity index (χ4n) is 10.3. The van der Waals surface area contributed by atoms with Gasteiger partial charge < -0.3 is 0 Å². The number of aromatic nitrogens is 2. The van der Waals surface area contributed by atoms with Crippen LogP contribution in [-0.4, -0.2) is 22.8 Å². The largest absolute Gasteiger partial charge is 0.0561 e. The van der Waals surface area contributed by atoms with Crippen LogP contribution in [0, 0.1) is 18.8 Å². The van der Waals surface area contributed by atoms with E-state index in [1.165, 1.54) is 52.9 Å². The fourth-order valence-corrected chi connectivity index (χ4v) is 16.7. The monoisotopic (exact) mass is 1140 g/mol. The van der Waals surface area contributed by atoms with Gasteiger partial charge in [-0.2, -0.15) is 0 Å². The minimum Gasteiger partial charge on any atom is -0.0561 e. The Hall–Kier alpha value is -5.88. The molecule has 350 valence electrons. The summed E-state index contributed by atoms with van der Waals surface area (Å²) in [4.78, 5) is 9.59. The van der Waals surface area contributed by atoms with Crippen molar-refractivity contribution >= 4 is 66.6 Å². The summed E-state index contributed by atoms with van der Waals surface area (Å²) in [6.07, 6.45) is 1.94. The number of ether oxygens (including phenoxy) is 1. The molecule has 0 fully saturated rings. The minimum atomic E-state index is -2.71. The molecule has 69 heavy (non-hydrogen) atoms. The van der Waals surface area contributed by atoms with E-state index in [9.17, 15) is 0 Å². The van der Waals surface area contributed by atoms with Crippen molar-refractivity contribution in [3.8, 4) is 39.6 Å². The molecule has 0 saturated carbocycles. The first-order valence-electron chi connectivity index (χ1n) is 24.0. The molecular formula is C62H59GeN4OPt-3. The van der Waals surface area contributed by atoms with E-state index in [4.69, 9.17) is 9.72 Å². The number of hydrogen-bond donors (Lipinski definition) is 0. The third-order valence-electron chi connectivity index (χ3n) is 14.2. The number of benzene rings is 7. The van der Waals surface area contributed by atoms with Crippen molar-refractivity contribution in [3.05, 3.63) is 187 Å². The molecule has 9 aromatic rings. The number of fused-ring (bicyclic) bond motifs is 1. The second-order valence-electron chi connectivity index (χ2n) is 22.3. The SMILES string of the molecule is CC(C)(C)c1cc(-c2cccc(-c3ccccc3)c2N2[CH-]N(c3[c-]c(Oc4[c-]c5c6[c](c4)[Ge]([CH3])([CH3])[c]4cccc(c46)n5-c4cc(C(C)(C)C)ccn4)ccc3)c3ccccc32)cc(C(C)(C)C)c1.[Pt]. The molecule has 0 bridgehead atoms. The van der Waals surface area contributed by atoms with Gasteiger partial charge in [0.15, 0.2) is 0 Å². The Morgan fingerprint density at radius 3 is 1.84 bits per heavy atom. The zero-order valence-corrected chi connectivity index (χ0v) is 45.9. The molecule has 0 spiro atoms. The molecule has 0 unspecified atom stereocenters. The molecule has 5 nitrogen and oxygen atoms in total. The van der Waals surface area contributed by atoms with Gasteiger partial charge >= 0.3 is 266 Å². The van der Waals surface area contributed by atoms with E-state index in [0.717, 1.165) is 45.2 Å². The van der Waals surface area contributed by atoms with E-state index in [-0.39, 0.29) is 37.3 Å². The molecule has 2 aliphatic rings. The third-order valence-corrected chi connectivity index (χ3v) is 21.5. The first-order chi connectivity index (χ1) is 32.4. The van der Waals surface area contributed by atoms with Crippen molar-refractivity contribution in [1.29, 1.82) is 0 Å². The summed E-state index contributed by atoms with van der Waals surface area (Å²) in [5, 5.41) is 2.65. The van der Waals surface area contributed by atoms with Crippen molar-refractivity contribution in [1.82, 2.24) is 9.55 Å². The molecule has 0 atom stereocenters. The molecular weight excluding hydrogens is 1080 g/mol. The number of para-hydroxylation sites is 3. The Morgan fingerprint density at radius 1 is 0.536 bits per heavy atom. The summed E-state index contributed by atoms with van der Waals surface area (Å²) >= 11 is -2.71. The minimum absolute atomic E-state index is 0. The van der Waals surface area contributed by atoms with Crippen LogP contribution in [0.5, 0.6) is 11.5 Å². The zero-order chi connectivity index (χ0) is 47.5. The molecule has 11 rings (SSSR count). The van der Waals surface area contributed by atoms with Gasteiger partial charge in [0.1, 0.15) is 0 Å². The first kappa shape index (κ1) is 46.8. The predicted molar refractivity (Wildman–Crippen MR) is 288 cm³/mol. The standard InChI is InChI=1S/C62H59GeN4O.Pt/c1-60(2,3)42-30-31-64-56(35-42)67-54-29-19-26-50-57(54)58-51(63(50,10)11)37-47(38-55(58)67)68-46-23-17-22-45(36-46)65-39-66(53-28-16-15-27-52(53)65)59-48(40-20-13-12-14-21-40)24-18-25-49(59)41-32-43(61(4,5)6)34-44(33-41)62(7,8)9;/h12-35,37,39H,1-11H3;/q-3;. The second-order valence-corrected chi connectivity index (χ2v) is 31.4. The Bertz CT molecular complexity index is 3430. The molecule has 0 saturated heterocycles. The number of anilines is 4. The molecule has 0 N–H and O–H groups in total. The van der Waals surface area contributed by atoms with Crippen LogP contribution in [0.25, 0.3) is 49.9 Å². The van der Waals surface area contributed by atoms with Crippen LogP contribution in [0.15, 0.2) is 152 Å². The van der Waals surface area contributed by atoms with E-state index in [2.05, 4.69) is 247 Å². The molecule has 2 aromatic heterocycles. The number of rotatable bonds is 7. The topological polar surface area (TPSA) is 33.5 Å². The average molecular weight is 1140 g/mol. The van der Waals surface area contributed by atoms with Gasteiger partial charge in [0.25, 0.3) is 0 Å². The number of nitrogens with zero attached hydrogens (tertiary/aromatic N) is 4. The normalized spacial score (nSPS) is 14.2. The summed E-state index contributed by atoms with van der Waals surface area (Å²) in [5.41, 5.74) is 14.9. The molecule has 4 heterocycles. The van der Waals surface area contributed by atoms with E-state index < -0.39 is 13.3 Å². The summed E-state index contributed by atoms with van der Waals surface area (Å²) in [6.45, 7) is 22.8. The molecule has 0 aliphatic carbocycles. The first-order valence-corrected chi connectivity index (χ1v) is 30.2. The Kier molecular flexibility index (Phi) is 11.5. The number of pyridine rings is 1. The second kappa shape index (κ2) is 16.9. The van der Waals surface area contributed by atoms with Gasteiger partial charge in [0.05, 0.1) is 0 Å². The quantitative estimate of drug-likeness (QED) is 0.118. The van der Waals surface area contributed by atoms with Gasteiger partial charge in [-0.15, -0.1) is 0 Å². The zero-order valence-electron chi connectivity index (χ0n) is 41.5. The Labute approximate surface area is 425 Å². The molecule has 2 aliphatic heterocycles. The fraction of sp³-hybridized carbons (Fsp3) is 0.226. The molecule has 0 radical (unpaired) electrons. The summed E-state index contributed by atoms with van der Waals surface area (Å²) in [5.74, 6) is 7.22. The van der Waals surface area contributed by atoms with Crippen LogP contribution in [0.1, 0.15) is 79.0 Å². The summed E-state index contributed by atoms with van der Waals surface area (Å²) < 4.78 is 12.1. The van der Waals surface area contributed by atoms with Crippen molar-refractivity contribution in [2.45, 2.75) is 90.1 Å². The van der Waals surface area contributed by atoms with Crippen LogP contribution in [0.2, 0.25) is 11.5 Å². The van der Waals surface area contributed by atoms with Crippen LogP contribution < -0.4 is 23.3 Å². The molecule has 7 heteroatoms. The third kappa shape index (κ3) is 8.04. The van der Waals surface area contributed by atoms with E-state index in [0.29, 0.717) is 11.5 Å². The van der Waals surface area contributed by atoms with Gasteiger partial charge in [-0.3, -0.25) is 0 Å². The average Bonchev–Trinajstić information content (AvgIpc) is 3.94. The molecule has 0 amide bonds. The van der Waals surface area contributed by atoms with E-state index >= 15 is 0 Å². The summed E-state index contributed by atoms with van der Waals surface area (Å²) in [6, 6.07) is 60.5. The van der Waals surface area contributed by atoms with Crippen molar-refractivity contribution < 1.29 is 25.8 Å². The van der Waals surface area contributed by atoms with Crippen molar-refractivity contribution in [2.24, 2.45) is 0 Å². The van der Waals surface area contributed by atoms with Crippen LogP contribution >= 0.6 is 0 Å². The van der Waals surface area contributed by atoms with Gasteiger partial charge in [0, 0.05) is 21.1 Å². The van der Waals surface area contributed by atoms with E-state index in [1.807, 2.05) is 12.3 Å². The maximum absolute atomic E-state index is 6.93. The van der Waals surface area contributed by atoms with Gasteiger partial charge in [-0.05, 0) is 33.1 Å². The van der Waals surface area contributed by atoms with Crippen molar-refractivity contribution in [2.75, 3.05) is 9.80 Å². The van der Waals surface area contributed by atoms with Crippen LogP contribution in [0.3, 0.4) is 0 Å². The maximum Gasteiger partial charge on any atom is 0 e. The van der Waals surface area contributed by atoms with Gasteiger partial charge in [-0.25, -0.2) is 0 Å². The Balaban J connectivity index is 0.00000553. The smallest absolute Gasteiger partial charge is 0 e. The number of hydrogen-bond acceptors (Lipinski definition) is 4. The Morgan fingerprint density at radius 2 is 1.16 bits per heavy atom. The van der Waals surface area contributed by atoms with Crippen LogP contribution in [0.4, 0.5) is 22.7 Å². The predicted octanol–water partition coefficient (Wildman–Crippen LogP) is 15.3. The van der Waals surface area contributed by atoms with Crippen molar-refractivity contribution in [3.63, 3.8) is 0 Å². The van der Waals surface area contributed by atoms with Gasteiger partial charge in [0.2, 0.25) is 0 Å². The van der Waals surface area contributed by atoms with Gasteiger partial charge in [-0.1, -0.05) is 108 Å².